The van der Waals surface area contributed by atoms with Gasteiger partial charge in [-0.25, -0.2) is 0 Å². The molecule has 0 atom stereocenters. The summed E-state index contributed by atoms with van der Waals surface area (Å²) in [5, 5.41) is 19.6. The predicted octanol–water partition coefficient (Wildman–Crippen LogP) is 2.84. The van der Waals surface area contributed by atoms with Crippen molar-refractivity contribution in [3.8, 4) is 5.06 Å². The van der Waals surface area contributed by atoms with Crippen molar-refractivity contribution >= 4 is 33.0 Å². The van der Waals surface area contributed by atoms with Crippen LogP contribution in [0.4, 0.5) is 0 Å². The molecular weight excluding hydrogens is 220 g/mol. The average molecular weight is 229 g/mol. The van der Waals surface area contributed by atoms with E-state index in [1.807, 2.05) is 12.1 Å². The van der Waals surface area contributed by atoms with E-state index in [1.165, 1.54) is 11.3 Å². The van der Waals surface area contributed by atoms with E-state index in [-0.39, 0.29) is 11.7 Å². The van der Waals surface area contributed by atoms with E-state index in [0.29, 0.717) is 5.88 Å². The van der Waals surface area contributed by atoms with Gasteiger partial charge >= 0.3 is 0 Å². The lowest BCUT2D eigenvalue weighted by atomic mass is 10.1. The summed E-state index contributed by atoms with van der Waals surface area (Å²) >= 11 is 7.08. The van der Waals surface area contributed by atoms with E-state index in [0.717, 1.165) is 21.2 Å². The van der Waals surface area contributed by atoms with Crippen LogP contribution in [-0.4, -0.2) is 10.2 Å². The van der Waals surface area contributed by atoms with Crippen LogP contribution in [0.5, 0.6) is 5.06 Å². The van der Waals surface area contributed by atoms with Gasteiger partial charge in [0.05, 0.1) is 6.61 Å². The van der Waals surface area contributed by atoms with Gasteiger partial charge in [-0.2, -0.15) is 0 Å². The third-order valence-corrected chi connectivity index (χ3v) is 3.27. The van der Waals surface area contributed by atoms with Crippen molar-refractivity contribution in [1.82, 2.24) is 0 Å². The lowest BCUT2D eigenvalue weighted by Gasteiger charge is -2.01. The fraction of sp³-hybridized carbons (Fsp3) is 0.200. The Morgan fingerprint density at radius 1 is 1.29 bits per heavy atom. The van der Waals surface area contributed by atoms with Crippen LogP contribution < -0.4 is 0 Å². The molecule has 0 saturated heterocycles. The number of aromatic hydroxyl groups is 1. The highest BCUT2D eigenvalue weighted by atomic mass is 35.5. The molecule has 74 valence electrons. The van der Waals surface area contributed by atoms with Crippen LogP contribution in [0, 0.1) is 0 Å². The Bertz CT molecular complexity index is 464. The van der Waals surface area contributed by atoms with Crippen molar-refractivity contribution in [2.45, 2.75) is 12.5 Å². The van der Waals surface area contributed by atoms with Gasteiger partial charge in [-0.3, -0.25) is 0 Å². The van der Waals surface area contributed by atoms with Crippen molar-refractivity contribution in [1.29, 1.82) is 0 Å². The van der Waals surface area contributed by atoms with Gasteiger partial charge in [0, 0.05) is 16.0 Å². The lowest BCUT2D eigenvalue weighted by molar-refractivity contribution is 0.282. The number of hydrogen-bond acceptors (Lipinski definition) is 3. The molecule has 0 fully saturated rings. The van der Waals surface area contributed by atoms with Crippen molar-refractivity contribution in [2.24, 2.45) is 0 Å². The lowest BCUT2D eigenvalue weighted by Crippen LogP contribution is -1.86. The summed E-state index contributed by atoms with van der Waals surface area (Å²) in [4.78, 5) is 0. The van der Waals surface area contributed by atoms with Crippen molar-refractivity contribution in [3.05, 3.63) is 29.3 Å². The quantitative estimate of drug-likeness (QED) is 0.776. The zero-order valence-corrected chi connectivity index (χ0v) is 8.90. The molecule has 14 heavy (non-hydrogen) atoms. The Balaban J connectivity index is 2.72. The molecule has 0 radical (unpaired) electrons. The molecule has 0 aliphatic heterocycles. The number of halogens is 1. The highest BCUT2D eigenvalue weighted by Gasteiger charge is 2.07. The fourth-order valence-electron chi connectivity index (χ4n) is 1.46. The van der Waals surface area contributed by atoms with E-state index in [1.54, 1.807) is 6.07 Å². The molecule has 2 aromatic rings. The fourth-order valence-corrected chi connectivity index (χ4v) is 2.60. The second-order valence-electron chi connectivity index (χ2n) is 3.04. The number of benzene rings is 1. The number of rotatable bonds is 2. The minimum Gasteiger partial charge on any atom is -0.499 e. The van der Waals surface area contributed by atoms with Gasteiger partial charge in [-0.1, -0.05) is 17.4 Å². The molecule has 0 saturated carbocycles. The highest BCUT2D eigenvalue weighted by Crippen LogP contribution is 2.34. The predicted molar refractivity (Wildman–Crippen MR) is 59.0 cm³/mol. The monoisotopic (exact) mass is 228 g/mol. The van der Waals surface area contributed by atoms with Gasteiger partial charge in [-0.05, 0) is 23.3 Å². The Kier molecular flexibility index (Phi) is 2.63. The minimum atomic E-state index is -0.00150. The van der Waals surface area contributed by atoms with Crippen LogP contribution in [0.15, 0.2) is 18.2 Å². The first-order valence-electron chi connectivity index (χ1n) is 4.15. The van der Waals surface area contributed by atoms with Gasteiger partial charge in [0.15, 0.2) is 5.06 Å². The van der Waals surface area contributed by atoms with Gasteiger partial charge < -0.3 is 10.2 Å². The number of aliphatic hydroxyl groups excluding tert-OH is 1. The third kappa shape index (κ3) is 1.59. The molecular formula is C10H9ClO2S. The summed E-state index contributed by atoms with van der Waals surface area (Å²) in [5.41, 5.74) is 1.78. The second kappa shape index (κ2) is 3.77. The van der Waals surface area contributed by atoms with E-state index in [9.17, 15) is 5.11 Å². The molecule has 4 heteroatoms. The van der Waals surface area contributed by atoms with Gasteiger partial charge in [0.1, 0.15) is 0 Å². The molecule has 0 bridgehead atoms. The van der Waals surface area contributed by atoms with Crippen LogP contribution in [-0.2, 0) is 12.5 Å². The average Bonchev–Trinajstić information content (AvgIpc) is 2.56. The van der Waals surface area contributed by atoms with E-state index < -0.39 is 0 Å². The molecule has 0 aliphatic rings. The summed E-state index contributed by atoms with van der Waals surface area (Å²) in [5.74, 6) is 0.389. The number of fused-ring (bicyclic) bond motifs is 1. The molecule has 1 aromatic heterocycles. The standard InChI is InChI=1S/C10H9ClO2S/c11-4-7-1-6(5-12)2-9-8(7)3-10(13)14-9/h1-3,12-13H,4-5H2. The Labute approximate surface area is 90.4 Å². The third-order valence-electron chi connectivity index (χ3n) is 2.10. The van der Waals surface area contributed by atoms with E-state index in [2.05, 4.69) is 0 Å². The molecule has 0 aliphatic carbocycles. The highest BCUT2D eigenvalue weighted by molar-refractivity contribution is 7.20. The Morgan fingerprint density at radius 3 is 2.71 bits per heavy atom. The van der Waals surface area contributed by atoms with Gasteiger partial charge in [-0.15, -0.1) is 11.6 Å². The molecule has 0 amide bonds. The Morgan fingerprint density at radius 2 is 2.07 bits per heavy atom. The number of thiophene rings is 1. The SMILES string of the molecule is OCc1cc(CCl)c2cc(O)sc2c1. The first-order valence-corrected chi connectivity index (χ1v) is 5.51. The van der Waals surface area contributed by atoms with Crippen molar-refractivity contribution in [3.63, 3.8) is 0 Å². The van der Waals surface area contributed by atoms with Crippen LogP contribution in [0.1, 0.15) is 11.1 Å². The normalized spacial score (nSPS) is 11.0. The maximum Gasteiger partial charge on any atom is 0.172 e. The van der Waals surface area contributed by atoms with Crippen molar-refractivity contribution in [2.75, 3.05) is 0 Å². The first kappa shape index (κ1) is 9.77. The van der Waals surface area contributed by atoms with Gasteiger partial charge in [0.25, 0.3) is 0 Å². The molecule has 2 nitrogen and oxygen atoms in total. The number of alkyl halides is 1. The van der Waals surface area contributed by atoms with Crippen molar-refractivity contribution < 1.29 is 10.2 Å². The maximum absolute atomic E-state index is 9.35. The van der Waals surface area contributed by atoms with Gasteiger partial charge in [0.2, 0.25) is 0 Å². The topological polar surface area (TPSA) is 40.5 Å². The van der Waals surface area contributed by atoms with Crippen LogP contribution in [0.2, 0.25) is 0 Å². The summed E-state index contributed by atoms with van der Waals surface area (Å²) in [6, 6.07) is 5.44. The smallest absolute Gasteiger partial charge is 0.172 e. The van der Waals surface area contributed by atoms with Crippen LogP contribution in [0.3, 0.4) is 0 Å². The zero-order chi connectivity index (χ0) is 10.1. The first-order chi connectivity index (χ1) is 6.74. The summed E-state index contributed by atoms with van der Waals surface area (Å²) in [7, 11) is 0. The zero-order valence-electron chi connectivity index (χ0n) is 7.33. The molecule has 1 heterocycles. The molecule has 0 unspecified atom stereocenters. The van der Waals surface area contributed by atoms with Crippen LogP contribution in [0.25, 0.3) is 10.1 Å². The number of hydrogen-bond donors (Lipinski definition) is 2. The van der Waals surface area contributed by atoms with E-state index >= 15 is 0 Å². The molecule has 2 N–H and O–H groups in total. The largest absolute Gasteiger partial charge is 0.499 e. The summed E-state index contributed by atoms with van der Waals surface area (Å²) in [6.45, 7) is -0.00150. The molecule has 2 rings (SSSR count). The molecule has 0 spiro atoms. The second-order valence-corrected chi connectivity index (χ2v) is 4.37. The summed E-state index contributed by atoms with van der Waals surface area (Å²) < 4.78 is 0.963. The maximum atomic E-state index is 9.35. The summed E-state index contributed by atoms with van der Waals surface area (Å²) in [6.07, 6.45) is 0. The van der Waals surface area contributed by atoms with Crippen LogP contribution >= 0.6 is 22.9 Å². The van der Waals surface area contributed by atoms with E-state index in [4.69, 9.17) is 16.7 Å². The minimum absolute atomic E-state index is 0.00150. The molecule has 1 aromatic carbocycles. The Hall–Kier alpha value is -0.770. The number of aliphatic hydroxyl groups is 1.